The lowest BCUT2D eigenvalue weighted by atomic mass is 9.98. The Morgan fingerprint density at radius 3 is 2.48 bits per heavy atom. The zero-order chi connectivity index (χ0) is 20.0. The van der Waals surface area contributed by atoms with Crippen molar-refractivity contribution in [1.29, 1.82) is 0 Å². The highest BCUT2D eigenvalue weighted by Crippen LogP contribution is 2.32. The van der Waals surface area contributed by atoms with Gasteiger partial charge in [-0.2, -0.15) is 0 Å². The summed E-state index contributed by atoms with van der Waals surface area (Å²) in [5, 5.41) is 31.0. The maximum Gasteiger partial charge on any atom is 0.151 e. The molecule has 1 aromatic carbocycles. The Hall–Kier alpha value is -3.00. The quantitative estimate of drug-likeness (QED) is 0.706. The van der Waals surface area contributed by atoms with Crippen molar-refractivity contribution < 1.29 is 5.11 Å². The van der Waals surface area contributed by atoms with Crippen LogP contribution in [0.3, 0.4) is 0 Å². The number of fused-ring (bicyclic) bond motifs is 2. The molecule has 0 spiro atoms. The third-order valence-corrected chi connectivity index (χ3v) is 6.14. The number of aromatic hydroxyl groups is 1. The van der Waals surface area contributed by atoms with Gasteiger partial charge in [-0.25, -0.2) is 4.68 Å². The van der Waals surface area contributed by atoms with E-state index >= 15 is 0 Å². The highest BCUT2D eigenvalue weighted by Gasteiger charge is 2.35. The molecule has 2 aliphatic heterocycles. The minimum absolute atomic E-state index is 0.140. The minimum Gasteiger partial charge on any atom is -0.507 e. The lowest BCUT2D eigenvalue weighted by Crippen LogP contribution is -2.47. The maximum atomic E-state index is 10.5. The van der Waals surface area contributed by atoms with E-state index in [-0.39, 0.29) is 5.75 Å². The molecule has 2 N–H and O–H groups in total. The molecule has 4 heterocycles. The fourth-order valence-electron chi connectivity index (χ4n) is 4.54. The predicted molar refractivity (Wildman–Crippen MR) is 110 cm³/mol. The number of phenols is 1. The fraction of sp³-hybridized carbons (Fsp3) is 0.429. The van der Waals surface area contributed by atoms with E-state index in [4.69, 9.17) is 0 Å². The molecule has 3 atom stereocenters. The number of aryl methyl sites for hydroxylation is 1. The van der Waals surface area contributed by atoms with Crippen molar-refractivity contribution in [2.45, 2.75) is 50.7 Å². The van der Waals surface area contributed by atoms with E-state index in [0.29, 0.717) is 29.4 Å². The molecule has 0 unspecified atom stereocenters. The third kappa shape index (κ3) is 3.44. The standard InChI is InChI=1S/C21H25N7O/c1-13-12-28(26-23-13)16-5-6-18(20(29)11-16)19-7-8-21(25-24-19)27(2)17-9-14-3-4-15(10-17)22-14/h5-8,11-12,14-15,17,22,29H,3-4,9-10H2,1-2H3/t14-,15+,17+. The van der Waals surface area contributed by atoms with Gasteiger partial charge in [0.1, 0.15) is 5.75 Å². The zero-order valence-electron chi connectivity index (χ0n) is 16.7. The second-order valence-electron chi connectivity index (χ2n) is 8.16. The Morgan fingerprint density at radius 2 is 1.86 bits per heavy atom. The summed E-state index contributed by atoms with van der Waals surface area (Å²) in [6.07, 6.45) is 6.68. The van der Waals surface area contributed by atoms with Gasteiger partial charge in [-0.3, -0.25) is 0 Å². The normalized spacial score (nSPS) is 23.3. The molecule has 2 aliphatic rings. The lowest BCUT2D eigenvalue weighted by Gasteiger charge is -2.36. The molecular formula is C21H25N7O. The molecule has 2 saturated heterocycles. The fourth-order valence-corrected chi connectivity index (χ4v) is 4.54. The molecule has 8 nitrogen and oxygen atoms in total. The average molecular weight is 391 g/mol. The Kier molecular flexibility index (Phi) is 4.43. The number of benzene rings is 1. The second-order valence-corrected chi connectivity index (χ2v) is 8.16. The van der Waals surface area contributed by atoms with Crippen LogP contribution in [0.5, 0.6) is 5.75 Å². The molecule has 2 fully saturated rings. The number of nitrogens with zero attached hydrogens (tertiary/aromatic N) is 6. The molecule has 29 heavy (non-hydrogen) atoms. The van der Waals surface area contributed by atoms with E-state index in [9.17, 15) is 5.11 Å². The summed E-state index contributed by atoms with van der Waals surface area (Å²) in [6, 6.07) is 11.1. The van der Waals surface area contributed by atoms with Crippen LogP contribution in [0.1, 0.15) is 31.4 Å². The summed E-state index contributed by atoms with van der Waals surface area (Å²) in [6.45, 7) is 1.88. The van der Waals surface area contributed by atoms with Crippen molar-refractivity contribution in [2.75, 3.05) is 11.9 Å². The first-order valence-corrected chi connectivity index (χ1v) is 10.1. The molecular weight excluding hydrogens is 366 g/mol. The molecule has 2 bridgehead atoms. The largest absolute Gasteiger partial charge is 0.507 e. The number of hydrogen-bond acceptors (Lipinski definition) is 7. The summed E-state index contributed by atoms with van der Waals surface area (Å²) < 4.78 is 1.63. The number of anilines is 1. The summed E-state index contributed by atoms with van der Waals surface area (Å²) >= 11 is 0. The monoisotopic (exact) mass is 391 g/mol. The van der Waals surface area contributed by atoms with Gasteiger partial charge in [0, 0.05) is 36.8 Å². The molecule has 0 radical (unpaired) electrons. The van der Waals surface area contributed by atoms with Gasteiger partial charge in [0.25, 0.3) is 0 Å². The number of nitrogens with one attached hydrogen (secondary N) is 1. The smallest absolute Gasteiger partial charge is 0.151 e. The first kappa shape index (κ1) is 18.1. The van der Waals surface area contributed by atoms with Crippen molar-refractivity contribution >= 4 is 5.82 Å². The topological polar surface area (TPSA) is 92.0 Å². The molecule has 2 aromatic heterocycles. The summed E-state index contributed by atoms with van der Waals surface area (Å²) in [5.74, 6) is 1.01. The predicted octanol–water partition coefficient (Wildman–Crippen LogP) is 2.46. The number of phenolic OH excluding ortho intramolecular Hbond substituents is 1. The van der Waals surface area contributed by atoms with Gasteiger partial charge < -0.3 is 15.3 Å². The van der Waals surface area contributed by atoms with Crippen molar-refractivity contribution in [3.8, 4) is 22.7 Å². The van der Waals surface area contributed by atoms with Gasteiger partial charge in [0.2, 0.25) is 0 Å². The van der Waals surface area contributed by atoms with Gasteiger partial charge >= 0.3 is 0 Å². The number of hydrogen-bond donors (Lipinski definition) is 2. The molecule has 0 saturated carbocycles. The Labute approximate surface area is 169 Å². The van der Waals surface area contributed by atoms with Crippen molar-refractivity contribution in [2.24, 2.45) is 0 Å². The van der Waals surface area contributed by atoms with Gasteiger partial charge in [-0.15, -0.1) is 15.3 Å². The molecule has 5 rings (SSSR count). The summed E-state index contributed by atoms with van der Waals surface area (Å²) in [5.41, 5.74) is 2.86. The van der Waals surface area contributed by atoms with Crippen LogP contribution in [0.4, 0.5) is 5.82 Å². The van der Waals surface area contributed by atoms with Crippen molar-refractivity contribution in [3.63, 3.8) is 0 Å². The van der Waals surface area contributed by atoms with Crippen LogP contribution in [-0.4, -0.2) is 55.5 Å². The Bertz CT molecular complexity index is 1000. The highest BCUT2D eigenvalue weighted by atomic mass is 16.3. The van der Waals surface area contributed by atoms with E-state index in [1.807, 2.05) is 37.4 Å². The van der Waals surface area contributed by atoms with Crippen molar-refractivity contribution in [3.05, 3.63) is 42.2 Å². The van der Waals surface area contributed by atoms with Crippen LogP contribution in [-0.2, 0) is 0 Å². The zero-order valence-corrected chi connectivity index (χ0v) is 16.7. The van der Waals surface area contributed by atoms with E-state index < -0.39 is 0 Å². The maximum absolute atomic E-state index is 10.5. The molecule has 0 amide bonds. The van der Waals surface area contributed by atoms with Gasteiger partial charge in [-0.05, 0) is 56.9 Å². The van der Waals surface area contributed by atoms with Crippen LogP contribution in [0.25, 0.3) is 16.9 Å². The van der Waals surface area contributed by atoms with Crippen LogP contribution >= 0.6 is 0 Å². The van der Waals surface area contributed by atoms with Gasteiger partial charge in [-0.1, -0.05) is 5.21 Å². The van der Waals surface area contributed by atoms with Gasteiger partial charge in [0.15, 0.2) is 5.82 Å². The molecule has 8 heteroatoms. The van der Waals surface area contributed by atoms with Crippen molar-refractivity contribution in [1.82, 2.24) is 30.5 Å². The average Bonchev–Trinajstić information content (AvgIpc) is 3.32. The van der Waals surface area contributed by atoms with Crippen LogP contribution < -0.4 is 10.2 Å². The van der Waals surface area contributed by atoms with E-state index in [1.54, 1.807) is 10.7 Å². The lowest BCUT2D eigenvalue weighted by molar-refractivity contribution is 0.353. The number of rotatable bonds is 4. The first-order chi connectivity index (χ1) is 14.1. The molecule has 0 aliphatic carbocycles. The second kappa shape index (κ2) is 7.11. The van der Waals surface area contributed by atoms with Crippen LogP contribution in [0, 0.1) is 6.92 Å². The number of piperidine rings is 1. The summed E-state index contributed by atoms with van der Waals surface area (Å²) in [7, 11) is 2.10. The number of aromatic nitrogens is 5. The minimum atomic E-state index is 0.140. The van der Waals surface area contributed by atoms with E-state index in [2.05, 4.69) is 37.8 Å². The SMILES string of the molecule is Cc1cn(-c2ccc(-c3ccc(N(C)[C@H]4C[C@H]5CC[C@@H](C4)N5)nn3)c(O)c2)nn1. The van der Waals surface area contributed by atoms with E-state index in [0.717, 1.165) is 30.0 Å². The van der Waals surface area contributed by atoms with Crippen LogP contribution in [0.15, 0.2) is 36.5 Å². The molecule has 150 valence electrons. The molecule has 3 aromatic rings. The van der Waals surface area contributed by atoms with Gasteiger partial charge in [0.05, 0.1) is 23.3 Å². The highest BCUT2D eigenvalue weighted by molar-refractivity contribution is 5.69. The van der Waals surface area contributed by atoms with E-state index in [1.165, 1.54) is 12.8 Å². The Morgan fingerprint density at radius 1 is 1.07 bits per heavy atom. The third-order valence-electron chi connectivity index (χ3n) is 6.14. The first-order valence-electron chi connectivity index (χ1n) is 10.1. The Balaban J connectivity index is 1.34. The van der Waals surface area contributed by atoms with Crippen LogP contribution in [0.2, 0.25) is 0 Å². The summed E-state index contributed by atoms with van der Waals surface area (Å²) in [4.78, 5) is 2.25.